The summed E-state index contributed by atoms with van der Waals surface area (Å²) in [5.41, 5.74) is 12.4. The van der Waals surface area contributed by atoms with Gasteiger partial charge in [-0.1, -0.05) is 18.2 Å². The van der Waals surface area contributed by atoms with Gasteiger partial charge in [0, 0.05) is 24.8 Å². The molecule has 1 atom stereocenters. The molecule has 0 saturated carbocycles. The molecule has 1 aliphatic heterocycles. The van der Waals surface area contributed by atoms with Gasteiger partial charge in [-0.25, -0.2) is 9.97 Å². The van der Waals surface area contributed by atoms with Crippen LogP contribution in [0, 0.1) is 5.92 Å². The first-order chi connectivity index (χ1) is 13.6. The van der Waals surface area contributed by atoms with Crippen LogP contribution in [0.4, 0.5) is 23.4 Å². The zero-order valence-corrected chi connectivity index (χ0v) is 15.2. The van der Waals surface area contributed by atoms with Crippen LogP contribution in [0.15, 0.2) is 42.7 Å². The number of hydrogen-bond donors (Lipinski definition) is 3. The number of primary amides is 1. The Labute approximate surface area is 161 Å². The van der Waals surface area contributed by atoms with E-state index in [2.05, 4.69) is 25.4 Å². The molecule has 10 heteroatoms. The third kappa shape index (κ3) is 3.70. The summed E-state index contributed by atoms with van der Waals surface area (Å²) in [5, 5.41) is 7.49. The molecule has 10 nitrogen and oxygen atoms in total. The molecule has 3 aromatic rings. The second kappa shape index (κ2) is 7.51. The molecule has 1 aromatic carbocycles. The SMILES string of the molecule is NC(=O)C1CCCN(c2cc(-n3nc(Nc4ccccc4)nc3N)ncn2)C1. The normalized spacial score (nSPS) is 16.7. The lowest BCUT2D eigenvalue weighted by Crippen LogP contribution is -2.41. The lowest BCUT2D eigenvalue weighted by Gasteiger charge is -2.32. The van der Waals surface area contributed by atoms with Crippen LogP contribution in [-0.4, -0.2) is 43.7 Å². The highest BCUT2D eigenvalue weighted by molar-refractivity contribution is 5.77. The van der Waals surface area contributed by atoms with E-state index in [0.717, 1.165) is 25.1 Å². The summed E-state index contributed by atoms with van der Waals surface area (Å²) in [6, 6.07) is 11.4. The van der Waals surface area contributed by atoms with E-state index in [4.69, 9.17) is 11.5 Å². The van der Waals surface area contributed by atoms with Crippen LogP contribution < -0.4 is 21.7 Å². The van der Waals surface area contributed by atoms with Crippen molar-refractivity contribution >= 4 is 29.3 Å². The number of aromatic nitrogens is 5. The lowest BCUT2D eigenvalue weighted by atomic mass is 9.97. The average molecular weight is 379 g/mol. The molecular formula is C18H21N9O. The van der Waals surface area contributed by atoms with Gasteiger partial charge in [0.25, 0.3) is 0 Å². The fourth-order valence-electron chi connectivity index (χ4n) is 3.24. The van der Waals surface area contributed by atoms with Gasteiger partial charge in [-0.05, 0) is 25.0 Å². The molecular weight excluding hydrogens is 358 g/mol. The first-order valence-electron chi connectivity index (χ1n) is 9.01. The minimum Gasteiger partial charge on any atom is -0.369 e. The maximum absolute atomic E-state index is 11.5. The van der Waals surface area contributed by atoms with Gasteiger partial charge in [0.1, 0.15) is 12.1 Å². The molecule has 1 unspecified atom stereocenters. The lowest BCUT2D eigenvalue weighted by molar-refractivity contribution is -0.122. The standard InChI is InChI=1S/C18H21N9O/c19-16(28)12-5-4-8-26(10-12)14-9-15(22-11-21-14)27-17(20)24-18(25-27)23-13-6-2-1-3-7-13/h1-3,6-7,9,11-12H,4-5,8,10H2,(H2,19,28)(H3,20,23,24,25). The molecule has 0 aliphatic carbocycles. The zero-order valence-electron chi connectivity index (χ0n) is 15.2. The number of nitrogens with one attached hydrogen (secondary N) is 1. The molecule has 0 bridgehead atoms. The quantitative estimate of drug-likeness (QED) is 0.598. The molecule has 144 valence electrons. The number of amides is 1. The number of carbonyl (C=O) groups is 1. The number of para-hydroxylation sites is 1. The summed E-state index contributed by atoms with van der Waals surface area (Å²) in [5.74, 6) is 1.31. The van der Waals surface area contributed by atoms with Crippen LogP contribution in [0.25, 0.3) is 5.82 Å². The number of piperidine rings is 1. The van der Waals surface area contributed by atoms with E-state index >= 15 is 0 Å². The molecule has 1 aliphatic rings. The second-order valence-corrected chi connectivity index (χ2v) is 6.62. The second-order valence-electron chi connectivity index (χ2n) is 6.62. The van der Waals surface area contributed by atoms with E-state index in [1.165, 1.54) is 11.0 Å². The van der Waals surface area contributed by atoms with E-state index in [9.17, 15) is 4.79 Å². The molecule has 0 radical (unpaired) electrons. The Morgan fingerprint density at radius 2 is 1.96 bits per heavy atom. The number of benzene rings is 1. The van der Waals surface area contributed by atoms with Gasteiger partial charge >= 0.3 is 0 Å². The summed E-state index contributed by atoms with van der Waals surface area (Å²) in [4.78, 5) is 26.4. The Kier molecular flexibility index (Phi) is 4.75. The van der Waals surface area contributed by atoms with Crippen molar-refractivity contribution in [3.05, 3.63) is 42.7 Å². The zero-order chi connectivity index (χ0) is 19.5. The van der Waals surface area contributed by atoms with Crippen LogP contribution in [0.5, 0.6) is 0 Å². The fraction of sp³-hybridized carbons (Fsp3) is 0.278. The maximum Gasteiger partial charge on any atom is 0.248 e. The van der Waals surface area contributed by atoms with Crippen LogP contribution in [0.1, 0.15) is 12.8 Å². The van der Waals surface area contributed by atoms with Crippen molar-refractivity contribution in [2.75, 3.05) is 29.0 Å². The first kappa shape index (κ1) is 17.7. The predicted octanol–water partition coefficient (Wildman–Crippen LogP) is 1.08. The van der Waals surface area contributed by atoms with Gasteiger partial charge in [-0.3, -0.25) is 4.79 Å². The van der Waals surface area contributed by atoms with Gasteiger partial charge in [0.05, 0.1) is 5.92 Å². The number of nitrogens with zero attached hydrogens (tertiary/aromatic N) is 6. The van der Waals surface area contributed by atoms with Crippen molar-refractivity contribution in [2.45, 2.75) is 12.8 Å². The van der Waals surface area contributed by atoms with E-state index in [1.807, 2.05) is 35.2 Å². The summed E-state index contributed by atoms with van der Waals surface area (Å²) in [6.07, 6.45) is 3.13. The van der Waals surface area contributed by atoms with Crippen LogP contribution in [0.3, 0.4) is 0 Å². The van der Waals surface area contributed by atoms with Crippen molar-refractivity contribution in [3.8, 4) is 5.82 Å². The summed E-state index contributed by atoms with van der Waals surface area (Å²) < 4.78 is 1.45. The highest BCUT2D eigenvalue weighted by atomic mass is 16.1. The van der Waals surface area contributed by atoms with Crippen LogP contribution >= 0.6 is 0 Å². The highest BCUT2D eigenvalue weighted by Gasteiger charge is 2.25. The average Bonchev–Trinajstić information content (AvgIpc) is 3.09. The van der Waals surface area contributed by atoms with E-state index in [-0.39, 0.29) is 17.8 Å². The van der Waals surface area contributed by atoms with Crippen molar-refractivity contribution in [1.82, 2.24) is 24.7 Å². The van der Waals surface area contributed by atoms with Gasteiger partial charge in [0.2, 0.25) is 17.8 Å². The third-order valence-electron chi connectivity index (χ3n) is 4.67. The monoisotopic (exact) mass is 379 g/mol. The maximum atomic E-state index is 11.5. The number of anilines is 4. The number of nitrogen functional groups attached to an aromatic ring is 1. The minimum absolute atomic E-state index is 0.176. The van der Waals surface area contributed by atoms with Crippen molar-refractivity contribution < 1.29 is 4.79 Å². The fourth-order valence-corrected chi connectivity index (χ4v) is 3.24. The smallest absolute Gasteiger partial charge is 0.248 e. The van der Waals surface area contributed by atoms with Crippen molar-refractivity contribution in [2.24, 2.45) is 11.7 Å². The Balaban J connectivity index is 1.57. The third-order valence-corrected chi connectivity index (χ3v) is 4.67. The van der Waals surface area contributed by atoms with Gasteiger partial charge in [-0.15, -0.1) is 5.10 Å². The van der Waals surface area contributed by atoms with Crippen LogP contribution in [-0.2, 0) is 4.79 Å². The minimum atomic E-state index is -0.281. The molecule has 1 fully saturated rings. The van der Waals surface area contributed by atoms with Gasteiger partial charge in [0.15, 0.2) is 5.82 Å². The predicted molar refractivity (Wildman–Crippen MR) is 105 cm³/mol. The van der Waals surface area contributed by atoms with Gasteiger partial charge in [-0.2, -0.15) is 9.67 Å². The number of nitrogens with two attached hydrogens (primary N) is 2. The Morgan fingerprint density at radius 3 is 2.75 bits per heavy atom. The Morgan fingerprint density at radius 1 is 1.18 bits per heavy atom. The molecule has 1 amide bonds. The Hall–Kier alpha value is -3.69. The number of rotatable bonds is 5. The summed E-state index contributed by atoms with van der Waals surface area (Å²) in [6.45, 7) is 1.34. The number of hydrogen-bond acceptors (Lipinski definition) is 8. The van der Waals surface area contributed by atoms with E-state index in [1.54, 1.807) is 6.07 Å². The largest absolute Gasteiger partial charge is 0.369 e. The van der Waals surface area contributed by atoms with Crippen LogP contribution in [0.2, 0.25) is 0 Å². The van der Waals surface area contributed by atoms with E-state index in [0.29, 0.717) is 24.1 Å². The molecule has 1 saturated heterocycles. The molecule has 2 aromatic heterocycles. The molecule has 5 N–H and O–H groups in total. The molecule has 4 rings (SSSR count). The van der Waals surface area contributed by atoms with Crippen molar-refractivity contribution in [1.29, 1.82) is 0 Å². The van der Waals surface area contributed by atoms with Gasteiger partial charge < -0.3 is 21.7 Å². The summed E-state index contributed by atoms with van der Waals surface area (Å²) >= 11 is 0. The topological polar surface area (TPSA) is 141 Å². The number of carbonyl (C=O) groups excluding carboxylic acids is 1. The molecule has 28 heavy (non-hydrogen) atoms. The van der Waals surface area contributed by atoms with E-state index < -0.39 is 0 Å². The Bertz CT molecular complexity index is 972. The highest BCUT2D eigenvalue weighted by Crippen LogP contribution is 2.23. The first-order valence-corrected chi connectivity index (χ1v) is 9.01. The molecule has 3 heterocycles. The van der Waals surface area contributed by atoms with Crippen molar-refractivity contribution in [3.63, 3.8) is 0 Å². The molecule has 0 spiro atoms. The summed E-state index contributed by atoms with van der Waals surface area (Å²) in [7, 11) is 0.